The smallest absolute Gasteiger partial charge is 0.124 e. The highest BCUT2D eigenvalue weighted by atomic mass is 16.5. The van der Waals surface area contributed by atoms with Gasteiger partial charge in [0.15, 0.2) is 0 Å². The highest BCUT2D eigenvalue weighted by molar-refractivity contribution is 5.37. The first-order valence-corrected chi connectivity index (χ1v) is 6.73. The Balaban J connectivity index is 1.78. The summed E-state index contributed by atoms with van der Waals surface area (Å²) in [6, 6.07) is 14.9. The molecule has 0 bridgehead atoms. The maximum Gasteiger partial charge on any atom is 0.124 e. The minimum absolute atomic E-state index is 0.234. The van der Waals surface area contributed by atoms with E-state index >= 15 is 0 Å². The van der Waals surface area contributed by atoms with Crippen LogP contribution in [0.3, 0.4) is 0 Å². The van der Waals surface area contributed by atoms with E-state index in [9.17, 15) is 0 Å². The summed E-state index contributed by atoms with van der Waals surface area (Å²) in [5.74, 6) is 1.000. The lowest BCUT2D eigenvalue weighted by molar-refractivity contribution is 0.245. The standard InChI is InChI=1S/C16H18N2O/c1-12(14-7-4-5-10-17-14)18-15-9-11-19-16-8-3-2-6-13(15)16/h2-8,10,12,15,18H,9,11H2,1H3. The Bertz CT molecular complexity index is 541. The van der Waals surface area contributed by atoms with Crippen LogP contribution in [0.4, 0.5) is 0 Å². The molecule has 1 N–H and O–H groups in total. The van der Waals surface area contributed by atoms with Crippen molar-refractivity contribution in [2.75, 3.05) is 6.61 Å². The van der Waals surface area contributed by atoms with Crippen LogP contribution >= 0.6 is 0 Å². The Morgan fingerprint density at radius 1 is 1.21 bits per heavy atom. The molecule has 1 aliphatic rings. The number of pyridine rings is 1. The summed E-state index contributed by atoms with van der Waals surface area (Å²) in [6.45, 7) is 2.92. The molecular formula is C16H18N2O. The first-order chi connectivity index (χ1) is 9.34. The molecule has 1 aromatic heterocycles. The van der Waals surface area contributed by atoms with Gasteiger partial charge < -0.3 is 10.1 Å². The number of fused-ring (bicyclic) bond motifs is 1. The molecule has 1 aliphatic heterocycles. The van der Waals surface area contributed by atoms with Gasteiger partial charge in [0.1, 0.15) is 5.75 Å². The van der Waals surface area contributed by atoms with Crippen molar-refractivity contribution in [1.82, 2.24) is 10.3 Å². The normalized spacial score (nSPS) is 19.3. The Labute approximate surface area is 113 Å². The summed E-state index contributed by atoms with van der Waals surface area (Å²) >= 11 is 0. The van der Waals surface area contributed by atoms with Gasteiger partial charge in [-0.2, -0.15) is 0 Å². The second-order valence-electron chi connectivity index (χ2n) is 4.87. The minimum Gasteiger partial charge on any atom is -0.493 e. The molecule has 0 amide bonds. The molecule has 19 heavy (non-hydrogen) atoms. The van der Waals surface area contributed by atoms with Crippen LogP contribution in [0.15, 0.2) is 48.7 Å². The number of rotatable bonds is 3. The van der Waals surface area contributed by atoms with Crippen LogP contribution in [-0.4, -0.2) is 11.6 Å². The van der Waals surface area contributed by atoms with E-state index in [1.165, 1.54) is 5.56 Å². The summed E-state index contributed by atoms with van der Waals surface area (Å²) in [5.41, 5.74) is 2.32. The Morgan fingerprint density at radius 2 is 2.05 bits per heavy atom. The van der Waals surface area contributed by atoms with Crippen LogP contribution < -0.4 is 10.1 Å². The summed E-state index contributed by atoms with van der Waals surface area (Å²) in [7, 11) is 0. The number of aromatic nitrogens is 1. The van der Waals surface area contributed by atoms with Crippen molar-refractivity contribution in [1.29, 1.82) is 0 Å². The van der Waals surface area contributed by atoms with E-state index in [1.807, 2.05) is 30.5 Å². The van der Waals surface area contributed by atoms with Crippen molar-refractivity contribution in [2.24, 2.45) is 0 Å². The summed E-state index contributed by atoms with van der Waals surface area (Å²) in [4.78, 5) is 4.41. The van der Waals surface area contributed by atoms with E-state index in [4.69, 9.17) is 4.74 Å². The van der Waals surface area contributed by atoms with Crippen molar-refractivity contribution in [3.05, 3.63) is 59.9 Å². The molecule has 98 valence electrons. The molecule has 0 fully saturated rings. The van der Waals surface area contributed by atoms with E-state index < -0.39 is 0 Å². The Morgan fingerprint density at radius 3 is 2.89 bits per heavy atom. The first-order valence-electron chi connectivity index (χ1n) is 6.73. The van der Waals surface area contributed by atoms with Crippen molar-refractivity contribution in [2.45, 2.75) is 25.4 Å². The quantitative estimate of drug-likeness (QED) is 0.913. The Kier molecular flexibility index (Phi) is 3.47. The fourth-order valence-corrected chi connectivity index (χ4v) is 2.53. The molecule has 2 aromatic rings. The van der Waals surface area contributed by atoms with Crippen LogP contribution in [0.25, 0.3) is 0 Å². The average Bonchev–Trinajstić information content (AvgIpc) is 2.48. The molecule has 3 nitrogen and oxygen atoms in total. The molecule has 1 aromatic carbocycles. The monoisotopic (exact) mass is 254 g/mol. The molecule has 2 unspecified atom stereocenters. The van der Waals surface area contributed by atoms with Gasteiger partial charge in [0.2, 0.25) is 0 Å². The zero-order valence-corrected chi connectivity index (χ0v) is 11.0. The second kappa shape index (κ2) is 5.41. The molecule has 2 atom stereocenters. The van der Waals surface area contributed by atoms with E-state index in [1.54, 1.807) is 0 Å². The van der Waals surface area contributed by atoms with Gasteiger partial charge in [-0.15, -0.1) is 0 Å². The number of hydrogen-bond donors (Lipinski definition) is 1. The fraction of sp³-hybridized carbons (Fsp3) is 0.312. The van der Waals surface area contributed by atoms with Gasteiger partial charge in [0.25, 0.3) is 0 Å². The fourth-order valence-electron chi connectivity index (χ4n) is 2.53. The van der Waals surface area contributed by atoms with E-state index in [0.29, 0.717) is 6.04 Å². The van der Waals surface area contributed by atoms with E-state index in [0.717, 1.165) is 24.5 Å². The number of hydrogen-bond acceptors (Lipinski definition) is 3. The highest BCUT2D eigenvalue weighted by Crippen LogP contribution is 2.32. The van der Waals surface area contributed by atoms with E-state index in [2.05, 4.69) is 35.4 Å². The lowest BCUT2D eigenvalue weighted by atomic mass is 9.99. The lowest BCUT2D eigenvalue weighted by Crippen LogP contribution is -2.29. The van der Waals surface area contributed by atoms with Gasteiger partial charge in [-0.1, -0.05) is 24.3 Å². The van der Waals surface area contributed by atoms with Crippen LogP contribution in [0.5, 0.6) is 5.75 Å². The minimum atomic E-state index is 0.234. The van der Waals surface area contributed by atoms with Crippen LogP contribution in [0.1, 0.15) is 36.7 Å². The van der Waals surface area contributed by atoms with Crippen molar-refractivity contribution in [3.8, 4) is 5.75 Å². The molecule has 0 radical (unpaired) electrons. The lowest BCUT2D eigenvalue weighted by Gasteiger charge is -2.29. The van der Waals surface area contributed by atoms with E-state index in [-0.39, 0.29) is 6.04 Å². The zero-order valence-electron chi connectivity index (χ0n) is 11.0. The summed E-state index contributed by atoms with van der Waals surface area (Å²) in [5, 5.41) is 3.65. The SMILES string of the molecule is CC(NC1CCOc2ccccc21)c1ccccn1. The second-order valence-corrected chi connectivity index (χ2v) is 4.87. The third-order valence-corrected chi connectivity index (χ3v) is 3.54. The average molecular weight is 254 g/mol. The van der Waals surface area contributed by atoms with Gasteiger partial charge >= 0.3 is 0 Å². The number of benzene rings is 1. The van der Waals surface area contributed by atoms with Crippen molar-refractivity contribution >= 4 is 0 Å². The number of para-hydroxylation sites is 1. The van der Waals surface area contributed by atoms with Gasteiger partial charge in [-0.25, -0.2) is 0 Å². The molecule has 0 saturated carbocycles. The number of nitrogens with zero attached hydrogens (tertiary/aromatic N) is 1. The molecule has 3 heteroatoms. The Hall–Kier alpha value is -1.87. The van der Waals surface area contributed by atoms with Gasteiger partial charge in [0, 0.05) is 30.3 Å². The highest BCUT2D eigenvalue weighted by Gasteiger charge is 2.22. The number of ether oxygens (including phenoxy) is 1. The maximum atomic E-state index is 5.69. The van der Waals surface area contributed by atoms with Crippen molar-refractivity contribution in [3.63, 3.8) is 0 Å². The molecule has 0 spiro atoms. The summed E-state index contributed by atoms with van der Waals surface area (Å²) in [6.07, 6.45) is 2.83. The van der Waals surface area contributed by atoms with Crippen LogP contribution in [0, 0.1) is 0 Å². The first kappa shape index (κ1) is 12.2. The third-order valence-electron chi connectivity index (χ3n) is 3.54. The predicted octanol–water partition coefficient (Wildman–Crippen LogP) is 3.26. The molecule has 0 saturated heterocycles. The molecule has 0 aliphatic carbocycles. The zero-order chi connectivity index (χ0) is 13.1. The topological polar surface area (TPSA) is 34.1 Å². The van der Waals surface area contributed by atoms with Gasteiger partial charge in [-0.3, -0.25) is 4.98 Å². The largest absolute Gasteiger partial charge is 0.493 e. The predicted molar refractivity (Wildman–Crippen MR) is 75.1 cm³/mol. The summed E-state index contributed by atoms with van der Waals surface area (Å²) < 4.78 is 5.69. The number of nitrogens with one attached hydrogen (secondary N) is 1. The molecule has 3 rings (SSSR count). The third kappa shape index (κ3) is 2.61. The maximum absolute atomic E-state index is 5.69. The molecular weight excluding hydrogens is 236 g/mol. The van der Waals surface area contributed by atoms with Crippen LogP contribution in [-0.2, 0) is 0 Å². The molecule has 2 heterocycles. The van der Waals surface area contributed by atoms with Crippen molar-refractivity contribution < 1.29 is 4.74 Å². The van der Waals surface area contributed by atoms with Gasteiger partial charge in [0.05, 0.1) is 12.3 Å². The van der Waals surface area contributed by atoms with Crippen LogP contribution in [0.2, 0.25) is 0 Å². The van der Waals surface area contributed by atoms with Gasteiger partial charge in [-0.05, 0) is 25.1 Å².